The van der Waals surface area contributed by atoms with Crippen LogP contribution < -0.4 is 8.92 Å². The maximum atomic E-state index is 12.3. The van der Waals surface area contributed by atoms with Gasteiger partial charge in [0.15, 0.2) is 0 Å². The molecule has 0 spiro atoms. The second-order valence-electron chi connectivity index (χ2n) is 4.85. The van der Waals surface area contributed by atoms with Gasteiger partial charge in [0.1, 0.15) is 16.4 Å². The minimum Gasteiger partial charge on any atom is -0.439 e. The summed E-state index contributed by atoms with van der Waals surface area (Å²) in [5.74, 6) is 1.03. The van der Waals surface area contributed by atoms with Gasteiger partial charge in [-0.1, -0.05) is 29.3 Å². The minimum absolute atomic E-state index is 0.0273. The van der Waals surface area contributed by atoms with Crippen molar-refractivity contribution in [2.75, 3.05) is 0 Å². The van der Waals surface area contributed by atoms with Gasteiger partial charge in [0.25, 0.3) is 0 Å². The molecule has 0 saturated carbocycles. The minimum atomic E-state index is -4.11. The van der Waals surface area contributed by atoms with Gasteiger partial charge < -0.3 is 8.92 Å². The maximum Gasteiger partial charge on any atom is 0.340 e. The van der Waals surface area contributed by atoms with Gasteiger partial charge in [-0.25, -0.2) is 4.98 Å². The Morgan fingerprint density at radius 3 is 2.28 bits per heavy atom. The van der Waals surface area contributed by atoms with Crippen molar-refractivity contribution in [3.05, 3.63) is 76.9 Å². The van der Waals surface area contributed by atoms with E-state index >= 15 is 0 Å². The molecule has 3 rings (SSSR count). The lowest BCUT2D eigenvalue weighted by atomic mass is 10.3. The molecule has 0 saturated heterocycles. The third kappa shape index (κ3) is 4.42. The number of benzene rings is 2. The largest absolute Gasteiger partial charge is 0.439 e. The van der Waals surface area contributed by atoms with Gasteiger partial charge in [-0.15, -0.1) is 0 Å². The summed E-state index contributed by atoms with van der Waals surface area (Å²) in [6.07, 6.45) is 1.61. The van der Waals surface area contributed by atoms with Crippen LogP contribution >= 0.6 is 23.2 Å². The van der Waals surface area contributed by atoms with Gasteiger partial charge >= 0.3 is 10.1 Å². The zero-order valence-electron chi connectivity index (χ0n) is 12.6. The molecular weight excluding hydrogens is 385 g/mol. The van der Waals surface area contributed by atoms with E-state index < -0.39 is 10.1 Å². The molecule has 128 valence electrons. The van der Waals surface area contributed by atoms with Crippen LogP contribution in [0.2, 0.25) is 10.0 Å². The Morgan fingerprint density at radius 2 is 1.60 bits per heavy atom. The highest BCUT2D eigenvalue weighted by molar-refractivity contribution is 7.87. The van der Waals surface area contributed by atoms with E-state index in [2.05, 4.69) is 4.98 Å². The van der Waals surface area contributed by atoms with Crippen LogP contribution in [0.25, 0.3) is 0 Å². The standard InChI is InChI=1S/C17H11Cl2NO4S/c18-12-4-9-15(19)16(11-12)25(21,22)24-14-7-5-13(6-8-14)23-17-3-1-2-10-20-17/h1-11H. The quantitative estimate of drug-likeness (QED) is 0.571. The molecule has 25 heavy (non-hydrogen) atoms. The number of halogens is 2. The summed E-state index contributed by atoms with van der Waals surface area (Å²) in [6.45, 7) is 0. The van der Waals surface area contributed by atoms with Crippen LogP contribution in [0, 0.1) is 0 Å². The highest BCUT2D eigenvalue weighted by atomic mass is 35.5. The van der Waals surface area contributed by atoms with Gasteiger partial charge in [0, 0.05) is 17.3 Å². The van der Waals surface area contributed by atoms with Gasteiger partial charge in [0.2, 0.25) is 5.88 Å². The van der Waals surface area contributed by atoms with Crippen molar-refractivity contribution in [3.8, 4) is 17.4 Å². The van der Waals surface area contributed by atoms with Crippen molar-refractivity contribution in [1.29, 1.82) is 0 Å². The topological polar surface area (TPSA) is 65.5 Å². The average molecular weight is 396 g/mol. The van der Waals surface area contributed by atoms with Crippen LogP contribution in [0.4, 0.5) is 0 Å². The maximum absolute atomic E-state index is 12.3. The van der Waals surface area contributed by atoms with Gasteiger partial charge in [0.05, 0.1) is 5.02 Å². The molecule has 5 nitrogen and oxygen atoms in total. The van der Waals surface area contributed by atoms with E-state index in [1.165, 1.54) is 30.3 Å². The predicted molar refractivity (Wildman–Crippen MR) is 95.0 cm³/mol. The Hall–Kier alpha value is -2.28. The van der Waals surface area contributed by atoms with Gasteiger partial charge in [-0.3, -0.25) is 0 Å². The van der Waals surface area contributed by atoms with Crippen LogP contribution in [0.5, 0.6) is 17.4 Å². The zero-order chi connectivity index (χ0) is 17.9. The van der Waals surface area contributed by atoms with Crippen molar-refractivity contribution in [2.45, 2.75) is 4.90 Å². The summed E-state index contributed by atoms with van der Waals surface area (Å²) in [6, 6.07) is 15.5. The van der Waals surface area contributed by atoms with Crippen LogP contribution in [0.3, 0.4) is 0 Å². The fourth-order valence-electron chi connectivity index (χ4n) is 1.93. The van der Waals surface area contributed by atoms with E-state index in [1.807, 2.05) is 0 Å². The van der Waals surface area contributed by atoms with Gasteiger partial charge in [-0.05, 0) is 48.5 Å². The number of rotatable bonds is 5. The zero-order valence-corrected chi connectivity index (χ0v) is 14.9. The highest BCUT2D eigenvalue weighted by Gasteiger charge is 2.21. The first kappa shape index (κ1) is 17.5. The van der Waals surface area contributed by atoms with Crippen molar-refractivity contribution in [3.63, 3.8) is 0 Å². The molecule has 0 atom stereocenters. The summed E-state index contributed by atoms with van der Waals surface area (Å²) in [7, 11) is -4.11. The predicted octanol–water partition coefficient (Wildman–Crippen LogP) is 4.95. The van der Waals surface area contributed by atoms with E-state index in [1.54, 1.807) is 36.5 Å². The Balaban J connectivity index is 1.78. The second kappa shape index (κ2) is 7.31. The molecular formula is C17H11Cl2NO4S. The first-order valence-corrected chi connectivity index (χ1v) is 9.19. The fourth-order valence-corrected chi connectivity index (χ4v) is 3.60. The highest BCUT2D eigenvalue weighted by Crippen LogP contribution is 2.29. The lowest BCUT2D eigenvalue weighted by Gasteiger charge is -2.09. The molecule has 3 aromatic rings. The van der Waals surface area contributed by atoms with Gasteiger partial charge in [-0.2, -0.15) is 8.42 Å². The number of nitrogens with zero attached hydrogens (tertiary/aromatic N) is 1. The Morgan fingerprint density at radius 1 is 0.880 bits per heavy atom. The third-order valence-corrected chi connectivity index (χ3v) is 5.02. The molecule has 0 fully saturated rings. The van der Waals surface area contributed by atoms with Crippen molar-refractivity contribution in [2.24, 2.45) is 0 Å². The molecule has 8 heteroatoms. The molecule has 0 unspecified atom stereocenters. The first-order valence-electron chi connectivity index (χ1n) is 7.02. The molecule has 2 aromatic carbocycles. The van der Waals surface area contributed by atoms with Crippen LogP contribution in [0.15, 0.2) is 71.8 Å². The van der Waals surface area contributed by atoms with E-state index in [4.69, 9.17) is 32.1 Å². The molecule has 0 aliphatic carbocycles. The number of hydrogen-bond donors (Lipinski definition) is 0. The summed E-state index contributed by atoms with van der Waals surface area (Å²) < 4.78 is 35.3. The Bertz CT molecular complexity index is 977. The van der Waals surface area contributed by atoms with E-state index in [9.17, 15) is 8.42 Å². The average Bonchev–Trinajstić information content (AvgIpc) is 2.59. The normalized spacial score (nSPS) is 11.1. The number of pyridine rings is 1. The molecule has 0 N–H and O–H groups in total. The molecule has 1 aromatic heterocycles. The smallest absolute Gasteiger partial charge is 0.340 e. The van der Waals surface area contributed by atoms with E-state index in [-0.39, 0.29) is 20.7 Å². The lowest BCUT2D eigenvalue weighted by molar-refractivity contribution is 0.459. The van der Waals surface area contributed by atoms with Crippen molar-refractivity contribution < 1.29 is 17.3 Å². The monoisotopic (exact) mass is 395 g/mol. The SMILES string of the molecule is O=S(=O)(Oc1ccc(Oc2ccccn2)cc1)c1cc(Cl)ccc1Cl. The molecule has 0 amide bonds. The number of hydrogen-bond acceptors (Lipinski definition) is 5. The molecule has 0 aliphatic rings. The number of aromatic nitrogens is 1. The first-order chi connectivity index (χ1) is 11.9. The second-order valence-corrected chi connectivity index (χ2v) is 7.21. The van der Waals surface area contributed by atoms with E-state index in [0.29, 0.717) is 11.6 Å². The Labute approximate surface area is 154 Å². The molecule has 0 aliphatic heterocycles. The summed E-state index contributed by atoms with van der Waals surface area (Å²) in [5, 5.41) is 0.269. The third-order valence-electron chi connectivity index (χ3n) is 3.05. The van der Waals surface area contributed by atoms with E-state index in [0.717, 1.165) is 0 Å². The lowest BCUT2D eigenvalue weighted by Crippen LogP contribution is -2.10. The molecule has 1 heterocycles. The van der Waals surface area contributed by atoms with Crippen LogP contribution in [0.1, 0.15) is 0 Å². The summed E-state index contributed by atoms with van der Waals surface area (Å²) in [4.78, 5) is 3.84. The molecule has 0 radical (unpaired) electrons. The Kier molecular flexibility index (Phi) is 5.13. The summed E-state index contributed by atoms with van der Waals surface area (Å²) >= 11 is 11.7. The summed E-state index contributed by atoms with van der Waals surface area (Å²) in [5.41, 5.74) is 0. The number of ether oxygens (including phenoxy) is 1. The van der Waals surface area contributed by atoms with Crippen LogP contribution in [-0.2, 0) is 10.1 Å². The fraction of sp³-hybridized carbons (Fsp3) is 0. The molecule has 0 bridgehead atoms. The van der Waals surface area contributed by atoms with Crippen LogP contribution in [-0.4, -0.2) is 13.4 Å². The van der Waals surface area contributed by atoms with Crippen molar-refractivity contribution in [1.82, 2.24) is 4.98 Å². The van der Waals surface area contributed by atoms with Crippen molar-refractivity contribution >= 4 is 33.3 Å².